The molecule has 0 aliphatic rings. The van der Waals surface area contributed by atoms with Crippen molar-refractivity contribution in [3.63, 3.8) is 0 Å². The summed E-state index contributed by atoms with van der Waals surface area (Å²) in [4.78, 5) is 4.78. The lowest BCUT2D eigenvalue weighted by Gasteiger charge is -2.04. The first-order chi connectivity index (χ1) is 9.86. The van der Waals surface area contributed by atoms with Crippen LogP contribution in [0.4, 0.5) is 0 Å². The number of nitrogens with two attached hydrogens (primary N) is 1. The maximum Gasteiger partial charge on any atom is 0.175 e. The third kappa shape index (κ3) is 4.60. The van der Waals surface area contributed by atoms with Crippen LogP contribution >= 0.6 is 11.3 Å². The van der Waals surface area contributed by atoms with E-state index in [4.69, 9.17) is 5.73 Å². The molecule has 1 aromatic heterocycles. The van der Waals surface area contributed by atoms with Gasteiger partial charge in [-0.1, -0.05) is 12.1 Å². The highest BCUT2D eigenvalue weighted by atomic mass is 32.2. The fourth-order valence-corrected chi connectivity index (χ4v) is 3.21. The molecule has 1 heterocycles. The molecule has 21 heavy (non-hydrogen) atoms. The molecule has 0 spiro atoms. The number of benzene rings is 1. The van der Waals surface area contributed by atoms with E-state index in [1.54, 1.807) is 23.5 Å². The smallest absolute Gasteiger partial charge is 0.175 e. The van der Waals surface area contributed by atoms with Crippen LogP contribution in [0.5, 0.6) is 0 Å². The highest BCUT2D eigenvalue weighted by Crippen LogP contribution is 2.16. The lowest BCUT2D eigenvalue weighted by atomic mass is 10.2. The van der Waals surface area contributed by atoms with Crippen molar-refractivity contribution in [1.29, 1.82) is 0 Å². The number of hydrogen-bond donors (Lipinski definition) is 2. The van der Waals surface area contributed by atoms with Gasteiger partial charge in [0.25, 0.3) is 0 Å². The predicted octanol–water partition coefficient (Wildman–Crippen LogP) is 1.86. The molecule has 0 fully saturated rings. The normalized spacial score (nSPS) is 13.3. The van der Waals surface area contributed by atoms with Crippen molar-refractivity contribution in [2.75, 3.05) is 6.26 Å². The van der Waals surface area contributed by atoms with Crippen LogP contribution in [0.25, 0.3) is 0 Å². The second-order valence-corrected chi connectivity index (χ2v) is 7.89. The number of aromatic nitrogens is 1. The van der Waals surface area contributed by atoms with E-state index < -0.39 is 9.84 Å². The number of rotatable bonds is 6. The molecule has 2 aromatic rings. The van der Waals surface area contributed by atoms with Gasteiger partial charge in [0.15, 0.2) is 9.84 Å². The summed E-state index contributed by atoms with van der Waals surface area (Å²) in [7, 11) is -3.13. The Kier molecular flexibility index (Phi) is 5.10. The molecule has 0 aliphatic carbocycles. The average molecular weight is 325 g/mol. The van der Waals surface area contributed by atoms with Crippen molar-refractivity contribution in [1.82, 2.24) is 10.3 Å². The number of sulfone groups is 1. The van der Waals surface area contributed by atoms with Crippen LogP contribution in [0, 0.1) is 0 Å². The molecule has 0 saturated heterocycles. The second kappa shape index (κ2) is 6.65. The number of nitrogens with one attached hydrogen (secondary N) is 1. The molecule has 3 N–H and O–H groups in total. The van der Waals surface area contributed by atoms with E-state index in [1.807, 2.05) is 24.4 Å². The lowest BCUT2D eigenvalue weighted by molar-refractivity contribution is 0.601. The SMILES string of the molecule is CC(N)c1nc(CNCc2ccc(S(C)(=O)=O)cc2)cs1. The highest BCUT2D eigenvalue weighted by Gasteiger charge is 2.07. The minimum atomic E-state index is -3.13. The predicted molar refractivity (Wildman–Crippen MR) is 84.8 cm³/mol. The lowest BCUT2D eigenvalue weighted by Crippen LogP contribution is -2.13. The third-order valence-corrected chi connectivity index (χ3v) is 5.17. The van der Waals surface area contributed by atoms with E-state index in [0.717, 1.165) is 16.3 Å². The van der Waals surface area contributed by atoms with Gasteiger partial charge in [0.2, 0.25) is 0 Å². The first-order valence-corrected chi connectivity index (χ1v) is 9.33. The molecule has 0 aliphatic heterocycles. The van der Waals surface area contributed by atoms with Gasteiger partial charge in [-0.2, -0.15) is 0 Å². The van der Waals surface area contributed by atoms with Crippen molar-refractivity contribution in [2.45, 2.75) is 31.0 Å². The fraction of sp³-hybridized carbons (Fsp3) is 0.357. The van der Waals surface area contributed by atoms with E-state index >= 15 is 0 Å². The Balaban J connectivity index is 1.88. The van der Waals surface area contributed by atoms with E-state index in [0.29, 0.717) is 18.0 Å². The van der Waals surface area contributed by atoms with E-state index in [-0.39, 0.29) is 6.04 Å². The maximum absolute atomic E-state index is 11.4. The topological polar surface area (TPSA) is 85.1 Å². The Morgan fingerprint density at radius 2 is 1.95 bits per heavy atom. The zero-order valence-electron chi connectivity index (χ0n) is 12.0. The molecule has 114 valence electrons. The molecular weight excluding hydrogens is 306 g/mol. The van der Waals surface area contributed by atoms with Gasteiger partial charge in [-0.05, 0) is 24.6 Å². The third-order valence-electron chi connectivity index (χ3n) is 2.95. The van der Waals surface area contributed by atoms with Crippen LogP contribution in [-0.2, 0) is 22.9 Å². The van der Waals surface area contributed by atoms with Crippen molar-refractivity contribution >= 4 is 21.2 Å². The fourth-order valence-electron chi connectivity index (χ4n) is 1.80. The van der Waals surface area contributed by atoms with Gasteiger partial charge in [0.05, 0.1) is 16.6 Å². The van der Waals surface area contributed by atoms with Gasteiger partial charge >= 0.3 is 0 Å². The highest BCUT2D eigenvalue weighted by molar-refractivity contribution is 7.90. The van der Waals surface area contributed by atoms with Gasteiger partial charge in [0.1, 0.15) is 5.01 Å². The summed E-state index contributed by atoms with van der Waals surface area (Å²) in [6.07, 6.45) is 1.21. The number of hydrogen-bond acceptors (Lipinski definition) is 6. The largest absolute Gasteiger partial charge is 0.322 e. The van der Waals surface area contributed by atoms with Gasteiger partial charge in [0, 0.05) is 24.7 Å². The molecule has 0 saturated carbocycles. The molecule has 0 amide bonds. The molecule has 1 aromatic carbocycles. The summed E-state index contributed by atoms with van der Waals surface area (Å²) in [5, 5.41) is 6.22. The molecule has 5 nitrogen and oxygen atoms in total. The first-order valence-electron chi connectivity index (χ1n) is 6.56. The summed E-state index contributed by atoms with van der Waals surface area (Å²) in [5.74, 6) is 0. The average Bonchev–Trinajstić information content (AvgIpc) is 2.87. The van der Waals surface area contributed by atoms with Gasteiger partial charge < -0.3 is 11.1 Å². The molecule has 0 radical (unpaired) electrons. The van der Waals surface area contributed by atoms with Crippen molar-refractivity contribution < 1.29 is 8.42 Å². The molecule has 7 heteroatoms. The summed E-state index contributed by atoms with van der Waals surface area (Å²) >= 11 is 1.57. The van der Waals surface area contributed by atoms with Gasteiger partial charge in [-0.25, -0.2) is 13.4 Å². The Labute approximate surface area is 129 Å². The zero-order valence-corrected chi connectivity index (χ0v) is 13.7. The van der Waals surface area contributed by atoms with Gasteiger partial charge in [-0.3, -0.25) is 0 Å². The number of thiazole rings is 1. The Bertz CT molecular complexity index is 691. The maximum atomic E-state index is 11.4. The standard InChI is InChI=1S/C14H19N3O2S2/c1-10(15)14-17-12(9-20-14)8-16-7-11-3-5-13(6-4-11)21(2,18)19/h3-6,9-10,16H,7-8,15H2,1-2H3. The van der Waals surface area contributed by atoms with Crippen molar-refractivity contribution in [2.24, 2.45) is 5.73 Å². The summed E-state index contributed by atoms with van der Waals surface area (Å²) in [6, 6.07) is 6.86. The molecule has 1 atom stereocenters. The van der Waals surface area contributed by atoms with E-state index in [1.165, 1.54) is 6.26 Å². The van der Waals surface area contributed by atoms with Crippen LogP contribution in [0.15, 0.2) is 34.5 Å². The van der Waals surface area contributed by atoms with Crippen LogP contribution in [0.2, 0.25) is 0 Å². The second-order valence-electron chi connectivity index (χ2n) is 4.99. The van der Waals surface area contributed by atoms with Crippen LogP contribution in [-0.4, -0.2) is 19.7 Å². The van der Waals surface area contributed by atoms with E-state index in [9.17, 15) is 8.42 Å². The van der Waals surface area contributed by atoms with Crippen LogP contribution in [0.1, 0.15) is 29.2 Å². The minimum Gasteiger partial charge on any atom is -0.322 e. The quantitative estimate of drug-likeness (QED) is 0.847. The summed E-state index contributed by atoms with van der Waals surface area (Å²) in [6.45, 7) is 3.24. The minimum absolute atomic E-state index is 0.0349. The van der Waals surface area contributed by atoms with Crippen molar-refractivity contribution in [3.05, 3.63) is 45.9 Å². The Morgan fingerprint density at radius 1 is 1.29 bits per heavy atom. The van der Waals surface area contributed by atoms with Crippen LogP contribution < -0.4 is 11.1 Å². The van der Waals surface area contributed by atoms with E-state index in [2.05, 4.69) is 10.3 Å². The van der Waals surface area contributed by atoms with Crippen molar-refractivity contribution in [3.8, 4) is 0 Å². The molecule has 1 unspecified atom stereocenters. The zero-order chi connectivity index (χ0) is 15.5. The first kappa shape index (κ1) is 16.1. The monoisotopic (exact) mass is 325 g/mol. The number of nitrogens with zero attached hydrogens (tertiary/aromatic N) is 1. The van der Waals surface area contributed by atoms with Gasteiger partial charge in [-0.15, -0.1) is 11.3 Å². The summed E-state index contributed by atoms with van der Waals surface area (Å²) < 4.78 is 22.7. The molecule has 0 bridgehead atoms. The molecule has 2 rings (SSSR count). The van der Waals surface area contributed by atoms with Crippen LogP contribution in [0.3, 0.4) is 0 Å². The Hall–Kier alpha value is -1.28. The molecular formula is C14H19N3O2S2. The Morgan fingerprint density at radius 3 is 2.48 bits per heavy atom. The summed E-state index contributed by atoms with van der Waals surface area (Å²) in [5.41, 5.74) is 7.78.